The van der Waals surface area contributed by atoms with Crippen LogP contribution in [-0.2, 0) is 27.8 Å². The van der Waals surface area contributed by atoms with Gasteiger partial charge >= 0.3 is 0 Å². The maximum absolute atomic E-state index is 12.1. The molecule has 1 aromatic carbocycles. The molecule has 0 bridgehead atoms. The molecule has 0 heterocycles. The molecule has 0 unspecified atom stereocenters. The molecule has 1 aromatic rings. The largest absolute Gasteiger partial charge is 0.392 e. The first-order valence-corrected chi connectivity index (χ1v) is 8.83. The summed E-state index contributed by atoms with van der Waals surface area (Å²) >= 11 is 0. The molecule has 21 heavy (non-hydrogen) atoms. The Morgan fingerprint density at radius 3 is 2.57 bits per heavy atom. The van der Waals surface area contributed by atoms with Gasteiger partial charge in [0, 0.05) is 13.2 Å². The zero-order valence-electron chi connectivity index (χ0n) is 12.8. The lowest BCUT2D eigenvalue weighted by atomic mass is 10.1. The van der Waals surface area contributed by atoms with E-state index in [0.717, 1.165) is 24.8 Å². The van der Waals surface area contributed by atoms with Crippen LogP contribution >= 0.6 is 0 Å². The Hall–Kier alpha value is -0.950. The van der Waals surface area contributed by atoms with E-state index in [1.54, 1.807) is 12.1 Å². The van der Waals surface area contributed by atoms with Gasteiger partial charge in [0.15, 0.2) is 0 Å². The SMILES string of the molecule is CCCCOCCNS(=O)(=O)c1ccc(CC)c(CO)c1. The summed E-state index contributed by atoms with van der Waals surface area (Å²) in [6.07, 6.45) is 2.79. The van der Waals surface area contributed by atoms with E-state index in [0.29, 0.717) is 18.8 Å². The van der Waals surface area contributed by atoms with E-state index in [9.17, 15) is 13.5 Å². The van der Waals surface area contributed by atoms with Gasteiger partial charge in [-0.05, 0) is 36.1 Å². The van der Waals surface area contributed by atoms with Crippen LogP contribution in [0.25, 0.3) is 0 Å². The summed E-state index contributed by atoms with van der Waals surface area (Å²) in [5.74, 6) is 0. The third-order valence-corrected chi connectivity index (χ3v) is 4.68. The number of aliphatic hydroxyl groups excluding tert-OH is 1. The second kappa shape index (κ2) is 9.15. The first-order chi connectivity index (χ1) is 10.0. The van der Waals surface area contributed by atoms with Gasteiger partial charge in [-0.2, -0.15) is 0 Å². The van der Waals surface area contributed by atoms with Gasteiger partial charge in [-0.1, -0.05) is 26.3 Å². The van der Waals surface area contributed by atoms with Crippen molar-refractivity contribution in [3.8, 4) is 0 Å². The molecule has 0 aliphatic heterocycles. The Bertz CT molecular complexity index is 528. The van der Waals surface area contributed by atoms with Crippen LogP contribution in [0.4, 0.5) is 0 Å². The lowest BCUT2D eigenvalue weighted by Crippen LogP contribution is -2.27. The van der Waals surface area contributed by atoms with Gasteiger partial charge in [-0.15, -0.1) is 0 Å². The van der Waals surface area contributed by atoms with Crippen LogP contribution in [0.15, 0.2) is 23.1 Å². The van der Waals surface area contributed by atoms with E-state index in [4.69, 9.17) is 4.74 Å². The number of ether oxygens (including phenoxy) is 1. The molecule has 0 amide bonds. The van der Waals surface area contributed by atoms with Gasteiger partial charge in [0.1, 0.15) is 0 Å². The minimum Gasteiger partial charge on any atom is -0.392 e. The van der Waals surface area contributed by atoms with Crippen LogP contribution in [0.3, 0.4) is 0 Å². The zero-order valence-corrected chi connectivity index (χ0v) is 13.6. The van der Waals surface area contributed by atoms with Crippen LogP contribution < -0.4 is 4.72 Å². The fourth-order valence-corrected chi connectivity index (χ4v) is 3.00. The number of benzene rings is 1. The van der Waals surface area contributed by atoms with Gasteiger partial charge in [0.2, 0.25) is 10.0 Å². The smallest absolute Gasteiger partial charge is 0.240 e. The monoisotopic (exact) mass is 315 g/mol. The van der Waals surface area contributed by atoms with Crippen LogP contribution in [0.2, 0.25) is 0 Å². The number of hydrogen-bond acceptors (Lipinski definition) is 4. The highest BCUT2D eigenvalue weighted by Crippen LogP contribution is 2.16. The number of nitrogens with one attached hydrogen (secondary N) is 1. The Balaban J connectivity index is 2.62. The molecule has 0 saturated heterocycles. The Labute approximate surface area is 127 Å². The number of hydrogen-bond donors (Lipinski definition) is 2. The molecule has 120 valence electrons. The van der Waals surface area contributed by atoms with Crippen molar-refractivity contribution in [3.63, 3.8) is 0 Å². The summed E-state index contributed by atoms with van der Waals surface area (Å²) in [6, 6.07) is 4.84. The number of rotatable bonds is 10. The normalized spacial score (nSPS) is 11.8. The summed E-state index contributed by atoms with van der Waals surface area (Å²) in [5, 5.41) is 9.30. The Morgan fingerprint density at radius 2 is 1.95 bits per heavy atom. The van der Waals surface area contributed by atoms with E-state index < -0.39 is 10.0 Å². The van der Waals surface area contributed by atoms with E-state index in [-0.39, 0.29) is 18.0 Å². The minimum atomic E-state index is -3.55. The average molecular weight is 315 g/mol. The first-order valence-electron chi connectivity index (χ1n) is 7.35. The molecular weight excluding hydrogens is 290 g/mol. The molecule has 0 fully saturated rings. The highest BCUT2D eigenvalue weighted by atomic mass is 32.2. The van der Waals surface area contributed by atoms with Crippen molar-refractivity contribution in [1.29, 1.82) is 0 Å². The van der Waals surface area contributed by atoms with Gasteiger partial charge in [0.05, 0.1) is 18.1 Å². The van der Waals surface area contributed by atoms with E-state index in [2.05, 4.69) is 11.6 Å². The topological polar surface area (TPSA) is 75.6 Å². The van der Waals surface area contributed by atoms with Crippen LogP contribution in [0, 0.1) is 0 Å². The van der Waals surface area contributed by atoms with Crippen molar-refractivity contribution in [1.82, 2.24) is 4.72 Å². The second-order valence-corrected chi connectivity index (χ2v) is 6.57. The minimum absolute atomic E-state index is 0.160. The fourth-order valence-electron chi connectivity index (χ4n) is 1.94. The predicted octanol–water partition coefficient (Wildman–Crippen LogP) is 1.84. The van der Waals surface area contributed by atoms with Gasteiger partial charge in [-0.25, -0.2) is 13.1 Å². The fraction of sp³-hybridized carbons (Fsp3) is 0.600. The highest BCUT2D eigenvalue weighted by molar-refractivity contribution is 7.89. The molecule has 0 aliphatic carbocycles. The van der Waals surface area contributed by atoms with Crippen molar-refractivity contribution in [2.75, 3.05) is 19.8 Å². The van der Waals surface area contributed by atoms with E-state index >= 15 is 0 Å². The molecule has 1 rings (SSSR count). The van der Waals surface area contributed by atoms with Crippen LogP contribution in [0.5, 0.6) is 0 Å². The zero-order chi connectivity index (χ0) is 15.7. The molecule has 0 aliphatic rings. The standard InChI is InChI=1S/C15H25NO4S/c1-3-5-9-20-10-8-16-21(18,19)15-7-6-13(4-2)14(11-15)12-17/h6-7,11,16-17H,3-5,8-10,12H2,1-2H3. The van der Waals surface area contributed by atoms with Crippen molar-refractivity contribution >= 4 is 10.0 Å². The Morgan fingerprint density at radius 1 is 1.19 bits per heavy atom. The molecule has 5 nitrogen and oxygen atoms in total. The van der Waals surface area contributed by atoms with Crippen molar-refractivity contribution in [2.24, 2.45) is 0 Å². The van der Waals surface area contributed by atoms with E-state index in [1.807, 2.05) is 6.92 Å². The van der Waals surface area contributed by atoms with Crippen molar-refractivity contribution in [3.05, 3.63) is 29.3 Å². The van der Waals surface area contributed by atoms with Crippen molar-refractivity contribution in [2.45, 2.75) is 44.6 Å². The summed E-state index contributed by atoms with van der Waals surface area (Å²) in [4.78, 5) is 0.178. The summed E-state index contributed by atoms with van der Waals surface area (Å²) < 4.78 is 32.1. The van der Waals surface area contributed by atoms with Crippen LogP contribution in [0.1, 0.15) is 37.8 Å². The van der Waals surface area contributed by atoms with Crippen molar-refractivity contribution < 1.29 is 18.3 Å². The van der Waals surface area contributed by atoms with E-state index in [1.165, 1.54) is 6.07 Å². The first kappa shape index (κ1) is 18.1. The number of aryl methyl sites for hydroxylation is 1. The third kappa shape index (κ3) is 5.74. The highest BCUT2D eigenvalue weighted by Gasteiger charge is 2.15. The molecule has 0 saturated carbocycles. The molecule has 0 aromatic heterocycles. The number of aliphatic hydroxyl groups is 1. The number of sulfonamides is 1. The molecule has 0 radical (unpaired) electrons. The quantitative estimate of drug-likeness (QED) is 0.646. The maximum Gasteiger partial charge on any atom is 0.240 e. The molecule has 2 N–H and O–H groups in total. The molecule has 0 spiro atoms. The van der Waals surface area contributed by atoms with Gasteiger partial charge in [-0.3, -0.25) is 0 Å². The molecule has 6 heteroatoms. The lowest BCUT2D eigenvalue weighted by Gasteiger charge is -2.10. The third-order valence-electron chi connectivity index (χ3n) is 3.22. The Kier molecular flexibility index (Phi) is 7.88. The molecular formula is C15H25NO4S. The summed E-state index contributed by atoms with van der Waals surface area (Å²) in [6.45, 7) is 5.14. The average Bonchev–Trinajstić information content (AvgIpc) is 2.49. The predicted molar refractivity (Wildman–Crippen MR) is 82.7 cm³/mol. The number of unbranched alkanes of at least 4 members (excludes halogenated alkanes) is 1. The lowest BCUT2D eigenvalue weighted by molar-refractivity contribution is 0.136. The van der Waals surface area contributed by atoms with Crippen LogP contribution in [-0.4, -0.2) is 33.3 Å². The summed E-state index contributed by atoms with van der Waals surface area (Å²) in [5.41, 5.74) is 1.61. The summed E-state index contributed by atoms with van der Waals surface area (Å²) in [7, 11) is -3.55. The maximum atomic E-state index is 12.1. The molecule has 0 atom stereocenters. The second-order valence-electron chi connectivity index (χ2n) is 4.81. The van der Waals surface area contributed by atoms with Gasteiger partial charge < -0.3 is 9.84 Å². The van der Waals surface area contributed by atoms with Gasteiger partial charge in [0.25, 0.3) is 0 Å².